The van der Waals surface area contributed by atoms with Crippen molar-refractivity contribution in [3.05, 3.63) is 46.4 Å². The zero-order chi connectivity index (χ0) is 17.7. The van der Waals surface area contributed by atoms with E-state index >= 15 is 0 Å². The van der Waals surface area contributed by atoms with Gasteiger partial charge in [0.1, 0.15) is 5.69 Å². The van der Waals surface area contributed by atoms with Gasteiger partial charge in [0.2, 0.25) is 0 Å². The third kappa shape index (κ3) is 3.66. The lowest BCUT2D eigenvalue weighted by Crippen LogP contribution is -2.39. The van der Waals surface area contributed by atoms with Crippen molar-refractivity contribution >= 4 is 23.0 Å². The van der Waals surface area contributed by atoms with Crippen LogP contribution in [-0.4, -0.2) is 55.9 Å². The summed E-state index contributed by atoms with van der Waals surface area (Å²) in [4.78, 5) is 14.4. The third-order valence-corrected chi connectivity index (χ3v) is 4.17. The minimum Gasteiger partial charge on any atom is -0.395 e. The topological polar surface area (TPSA) is 82.7 Å². The number of anilines is 1. The summed E-state index contributed by atoms with van der Waals surface area (Å²) < 4.78 is 3.31. The minimum atomic E-state index is -0.212. The molecular formula is C16H22N4O3S. The highest BCUT2D eigenvalue weighted by atomic mass is 32.1. The van der Waals surface area contributed by atoms with Crippen LogP contribution >= 0.6 is 12.2 Å². The van der Waals surface area contributed by atoms with Gasteiger partial charge in [-0.25, -0.2) is 4.68 Å². The Kier molecular flexibility index (Phi) is 6.13. The van der Waals surface area contributed by atoms with Gasteiger partial charge in [-0.1, -0.05) is 18.2 Å². The number of aliphatic hydroxyl groups excluding tert-OH is 2. The SMILES string of the molecule is Cc1c(NC(=S)N(CCO)CCO)c(=O)n(-c2ccccc2)n1C. The van der Waals surface area contributed by atoms with Crippen LogP contribution in [0.3, 0.4) is 0 Å². The molecule has 0 radical (unpaired) electrons. The molecule has 0 saturated heterocycles. The van der Waals surface area contributed by atoms with Gasteiger partial charge in [-0.15, -0.1) is 0 Å². The van der Waals surface area contributed by atoms with Crippen molar-refractivity contribution in [2.45, 2.75) is 6.92 Å². The number of benzene rings is 1. The Morgan fingerprint density at radius 1 is 1.21 bits per heavy atom. The molecule has 0 aliphatic heterocycles. The Balaban J connectivity index is 2.35. The second-order valence-electron chi connectivity index (χ2n) is 5.30. The van der Waals surface area contributed by atoms with Crippen LogP contribution in [0.15, 0.2) is 35.1 Å². The zero-order valence-electron chi connectivity index (χ0n) is 13.8. The van der Waals surface area contributed by atoms with Gasteiger partial charge in [-0.2, -0.15) is 0 Å². The Morgan fingerprint density at radius 2 is 1.79 bits per heavy atom. The number of para-hydroxylation sites is 1. The monoisotopic (exact) mass is 350 g/mol. The highest BCUT2D eigenvalue weighted by Gasteiger charge is 2.18. The fraction of sp³-hybridized carbons (Fsp3) is 0.375. The van der Waals surface area contributed by atoms with Gasteiger partial charge in [-0.05, 0) is 31.3 Å². The van der Waals surface area contributed by atoms with E-state index < -0.39 is 0 Å². The largest absolute Gasteiger partial charge is 0.395 e. The molecule has 0 atom stereocenters. The summed E-state index contributed by atoms with van der Waals surface area (Å²) in [6, 6.07) is 9.33. The number of aromatic nitrogens is 2. The summed E-state index contributed by atoms with van der Waals surface area (Å²) in [5.74, 6) is 0. The van der Waals surface area contributed by atoms with E-state index in [9.17, 15) is 4.79 Å². The van der Waals surface area contributed by atoms with E-state index in [1.165, 1.54) is 0 Å². The maximum absolute atomic E-state index is 12.8. The molecule has 130 valence electrons. The molecular weight excluding hydrogens is 328 g/mol. The normalized spacial score (nSPS) is 10.7. The molecule has 1 heterocycles. The molecule has 3 N–H and O–H groups in total. The molecule has 24 heavy (non-hydrogen) atoms. The molecule has 0 aliphatic rings. The highest BCUT2D eigenvalue weighted by molar-refractivity contribution is 7.80. The third-order valence-electron chi connectivity index (χ3n) is 3.81. The highest BCUT2D eigenvalue weighted by Crippen LogP contribution is 2.14. The lowest BCUT2D eigenvalue weighted by molar-refractivity contribution is 0.214. The molecule has 0 saturated carbocycles. The van der Waals surface area contributed by atoms with Crippen molar-refractivity contribution in [2.24, 2.45) is 7.05 Å². The molecule has 0 spiro atoms. The van der Waals surface area contributed by atoms with Gasteiger partial charge in [0.15, 0.2) is 5.11 Å². The van der Waals surface area contributed by atoms with Gasteiger partial charge in [0.25, 0.3) is 5.56 Å². The van der Waals surface area contributed by atoms with Crippen molar-refractivity contribution < 1.29 is 10.2 Å². The number of hydrogen-bond acceptors (Lipinski definition) is 4. The molecule has 0 fully saturated rings. The van der Waals surface area contributed by atoms with Crippen LogP contribution in [0.1, 0.15) is 5.69 Å². The summed E-state index contributed by atoms with van der Waals surface area (Å²) in [7, 11) is 1.80. The predicted octanol–water partition coefficient (Wildman–Crippen LogP) is 0.468. The summed E-state index contributed by atoms with van der Waals surface area (Å²) >= 11 is 5.31. The van der Waals surface area contributed by atoms with Crippen molar-refractivity contribution in [3.63, 3.8) is 0 Å². The van der Waals surface area contributed by atoms with Crippen molar-refractivity contribution in [1.29, 1.82) is 0 Å². The van der Waals surface area contributed by atoms with Crippen LogP contribution in [-0.2, 0) is 7.05 Å². The Morgan fingerprint density at radius 3 is 2.33 bits per heavy atom. The first-order chi connectivity index (χ1) is 11.5. The first-order valence-electron chi connectivity index (χ1n) is 7.63. The van der Waals surface area contributed by atoms with Crippen LogP contribution in [0.5, 0.6) is 0 Å². The Bertz CT molecular complexity index is 749. The number of aliphatic hydroxyl groups is 2. The van der Waals surface area contributed by atoms with Crippen LogP contribution in [0.2, 0.25) is 0 Å². The number of nitrogens with zero attached hydrogens (tertiary/aromatic N) is 3. The summed E-state index contributed by atoms with van der Waals surface area (Å²) in [6.45, 7) is 2.21. The van der Waals surface area contributed by atoms with E-state index in [4.69, 9.17) is 22.4 Å². The maximum Gasteiger partial charge on any atom is 0.295 e. The molecule has 2 aromatic rings. The Hall–Kier alpha value is -2.16. The first-order valence-corrected chi connectivity index (χ1v) is 8.03. The van der Waals surface area contributed by atoms with Gasteiger partial charge in [0, 0.05) is 20.1 Å². The van der Waals surface area contributed by atoms with Crippen LogP contribution in [0, 0.1) is 6.92 Å². The standard InChI is InChI=1S/C16H22N4O3S/c1-12-14(17-16(24)19(8-10-21)9-11-22)15(23)20(18(12)2)13-6-4-3-5-7-13/h3-7,21-22H,8-11H2,1-2H3,(H,17,24). The van der Waals surface area contributed by atoms with E-state index in [1.807, 2.05) is 37.3 Å². The van der Waals surface area contributed by atoms with Gasteiger partial charge in [-0.3, -0.25) is 9.48 Å². The molecule has 0 bridgehead atoms. The average Bonchev–Trinajstić information content (AvgIpc) is 2.79. The summed E-state index contributed by atoms with van der Waals surface area (Å²) in [5, 5.41) is 21.5. The van der Waals surface area contributed by atoms with E-state index in [2.05, 4.69) is 5.32 Å². The Labute approximate surface area is 145 Å². The van der Waals surface area contributed by atoms with Gasteiger partial charge in [0.05, 0.1) is 24.6 Å². The van der Waals surface area contributed by atoms with E-state index in [0.717, 1.165) is 11.4 Å². The predicted molar refractivity (Wildman–Crippen MR) is 97.7 cm³/mol. The van der Waals surface area contributed by atoms with Crippen LogP contribution in [0.25, 0.3) is 5.69 Å². The molecule has 0 amide bonds. The lowest BCUT2D eigenvalue weighted by atomic mass is 10.3. The smallest absolute Gasteiger partial charge is 0.295 e. The summed E-state index contributed by atoms with van der Waals surface area (Å²) in [5.41, 5.74) is 1.66. The van der Waals surface area contributed by atoms with E-state index in [0.29, 0.717) is 10.8 Å². The fourth-order valence-electron chi connectivity index (χ4n) is 2.45. The number of thiocarbonyl (C=S) groups is 1. The molecule has 0 aliphatic carbocycles. The second kappa shape index (κ2) is 8.09. The van der Waals surface area contributed by atoms with Crippen LogP contribution in [0.4, 0.5) is 5.69 Å². The maximum atomic E-state index is 12.8. The molecule has 0 unspecified atom stereocenters. The lowest BCUT2D eigenvalue weighted by Gasteiger charge is -2.23. The number of hydrogen-bond donors (Lipinski definition) is 3. The van der Waals surface area contributed by atoms with Gasteiger partial charge >= 0.3 is 0 Å². The average molecular weight is 350 g/mol. The minimum absolute atomic E-state index is 0.0934. The first kappa shape index (κ1) is 18.2. The molecule has 1 aromatic carbocycles. The number of rotatable bonds is 6. The number of nitrogens with one attached hydrogen (secondary N) is 1. The van der Waals surface area contributed by atoms with Crippen molar-refractivity contribution in [2.75, 3.05) is 31.6 Å². The van der Waals surface area contributed by atoms with Crippen LogP contribution < -0.4 is 10.9 Å². The van der Waals surface area contributed by atoms with E-state index in [-0.39, 0.29) is 31.9 Å². The fourth-order valence-corrected chi connectivity index (χ4v) is 2.74. The van der Waals surface area contributed by atoms with Gasteiger partial charge < -0.3 is 20.4 Å². The molecule has 7 nitrogen and oxygen atoms in total. The molecule has 2 rings (SSSR count). The molecule has 8 heteroatoms. The quantitative estimate of drug-likeness (QED) is 0.657. The van der Waals surface area contributed by atoms with Crippen molar-refractivity contribution in [3.8, 4) is 5.69 Å². The zero-order valence-corrected chi connectivity index (χ0v) is 14.6. The molecule has 1 aromatic heterocycles. The summed E-state index contributed by atoms with van der Waals surface area (Å²) in [6.07, 6.45) is 0. The van der Waals surface area contributed by atoms with Crippen molar-refractivity contribution in [1.82, 2.24) is 14.3 Å². The van der Waals surface area contributed by atoms with E-state index in [1.54, 1.807) is 21.3 Å². The second-order valence-corrected chi connectivity index (χ2v) is 5.69.